The lowest BCUT2D eigenvalue weighted by atomic mass is 9.98. The molecule has 5 nitrogen and oxygen atoms in total. The van der Waals surface area contributed by atoms with E-state index in [1.165, 1.54) is 16.7 Å². The Morgan fingerprint density at radius 3 is 2.86 bits per heavy atom. The van der Waals surface area contributed by atoms with Crippen LogP contribution in [0.25, 0.3) is 0 Å². The summed E-state index contributed by atoms with van der Waals surface area (Å²) in [6, 6.07) is 0. The molecule has 0 aromatic carbocycles. The second-order valence-corrected chi connectivity index (χ2v) is 6.44. The standard InChI is InChI=1S/C12H14F3N3O2S/c13-12(14,15)9-7-5-18(3-1-8(7)16-17-9)10(19)11(20)2-4-21-6-11/h20H,1-6H2,(H,16,17). The van der Waals surface area contributed by atoms with Gasteiger partial charge in [-0.2, -0.15) is 30.0 Å². The summed E-state index contributed by atoms with van der Waals surface area (Å²) in [5, 5.41) is 16.0. The van der Waals surface area contributed by atoms with Crippen molar-refractivity contribution in [1.29, 1.82) is 0 Å². The minimum Gasteiger partial charge on any atom is -0.379 e. The van der Waals surface area contributed by atoms with Crippen LogP contribution in [0.4, 0.5) is 13.2 Å². The Bertz CT molecular complexity index is 567. The molecule has 0 bridgehead atoms. The van der Waals surface area contributed by atoms with Gasteiger partial charge < -0.3 is 10.0 Å². The molecule has 1 unspecified atom stereocenters. The smallest absolute Gasteiger partial charge is 0.379 e. The van der Waals surface area contributed by atoms with Gasteiger partial charge >= 0.3 is 6.18 Å². The number of carbonyl (C=O) groups excluding carboxylic acids is 1. The number of hydrogen-bond acceptors (Lipinski definition) is 4. The maximum atomic E-state index is 12.9. The fourth-order valence-corrected chi connectivity index (χ4v) is 3.95. The van der Waals surface area contributed by atoms with Crippen molar-refractivity contribution < 1.29 is 23.1 Å². The third-order valence-corrected chi connectivity index (χ3v) is 5.06. The van der Waals surface area contributed by atoms with Crippen molar-refractivity contribution in [3.05, 3.63) is 17.0 Å². The topological polar surface area (TPSA) is 69.2 Å². The third kappa shape index (κ3) is 2.52. The predicted molar refractivity (Wildman–Crippen MR) is 69.6 cm³/mol. The van der Waals surface area contributed by atoms with Crippen LogP contribution in [-0.4, -0.2) is 49.8 Å². The summed E-state index contributed by atoms with van der Waals surface area (Å²) in [6.07, 6.45) is -3.92. The number of fused-ring (bicyclic) bond motifs is 1. The number of amides is 1. The van der Waals surface area contributed by atoms with Gasteiger partial charge in [-0.15, -0.1) is 0 Å². The molecule has 2 aliphatic heterocycles. The van der Waals surface area contributed by atoms with Gasteiger partial charge in [-0.05, 0) is 12.2 Å². The number of nitrogens with one attached hydrogen (secondary N) is 1. The first-order chi connectivity index (χ1) is 9.81. The molecule has 0 saturated carbocycles. The molecule has 0 radical (unpaired) electrons. The van der Waals surface area contributed by atoms with Crippen LogP contribution >= 0.6 is 11.8 Å². The highest BCUT2D eigenvalue weighted by atomic mass is 32.2. The van der Waals surface area contributed by atoms with Crippen molar-refractivity contribution >= 4 is 17.7 Å². The zero-order valence-corrected chi connectivity index (χ0v) is 11.9. The lowest BCUT2D eigenvalue weighted by Gasteiger charge is -2.33. The van der Waals surface area contributed by atoms with Crippen LogP contribution in [0.3, 0.4) is 0 Å². The van der Waals surface area contributed by atoms with E-state index in [1.54, 1.807) is 0 Å². The number of rotatable bonds is 1. The van der Waals surface area contributed by atoms with Crippen LogP contribution in [0.15, 0.2) is 0 Å². The number of aromatic nitrogens is 2. The highest BCUT2D eigenvalue weighted by Crippen LogP contribution is 2.35. The zero-order chi connectivity index (χ0) is 15.3. The number of carbonyl (C=O) groups is 1. The van der Waals surface area contributed by atoms with E-state index in [-0.39, 0.29) is 25.1 Å². The average molecular weight is 321 g/mol. The average Bonchev–Trinajstić information content (AvgIpc) is 3.03. The van der Waals surface area contributed by atoms with Gasteiger partial charge in [0.1, 0.15) is 0 Å². The number of alkyl halides is 3. The minimum atomic E-state index is -4.55. The van der Waals surface area contributed by atoms with E-state index >= 15 is 0 Å². The van der Waals surface area contributed by atoms with Crippen LogP contribution in [0.5, 0.6) is 0 Å². The molecular formula is C12H14F3N3O2S. The first-order valence-corrected chi connectivity index (χ1v) is 7.69. The SMILES string of the molecule is O=C(N1CCc2[nH]nc(C(F)(F)F)c2C1)C1(O)CCSC1. The Morgan fingerprint density at radius 1 is 1.48 bits per heavy atom. The van der Waals surface area contributed by atoms with Crippen molar-refractivity contribution in [2.24, 2.45) is 0 Å². The number of aromatic amines is 1. The van der Waals surface area contributed by atoms with Gasteiger partial charge in [0.15, 0.2) is 11.3 Å². The number of thioether (sulfide) groups is 1. The van der Waals surface area contributed by atoms with Gasteiger partial charge in [0, 0.05) is 36.5 Å². The molecule has 3 heterocycles. The molecule has 1 aromatic rings. The first kappa shape index (κ1) is 14.7. The molecule has 1 atom stereocenters. The molecule has 3 rings (SSSR count). The normalized spacial score (nSPS) is 26.0. The number of aliphatic hydroxyl groups is 1. The lowest BCUT2D eigenvalue weighted by Crippen LogP contribution is -2.50. The maximum absolute atomic E-state index is 12.9. The molecule has 9 heteroatoms. The summed E-state index contributed by atoms with van der Waals surface area (Å²) in [4.78, 5) is 13.7. The van der Waals surface area contributed by atoms with Crippen molar-refractivity contribution in [3.63, 3.8) is 0 Å². The molecule has 2 N–H and O–H groups in total. The second-order valence-electron chi connectivity index (χ2n) is 5.34. The molecule has 116 valence electrons. The first-order valence-electron chi connectivity index (χ1n) is 6.54. The van der Waals surface area contributed by atoms with Gasteiger partial charge in [-0.3, -0.25) is 9.89 Å². The van der Waals surface area contributed by atoms with Gasteiger partial charge in [-0.1, -0.05) is 0 Å². The van der Waals surface area contributed by atoms with Crippen LogP contribution in [0.1, 0.15) is 23.4 Å². The Labute approximate surface area is 122 Å². The highest BCUT2D eigenvalue weighted by molar-refractivity contribution is 7.99. The molecule has 1 amide bonds. The summed E-state index contributed by atoms with van der Waals surface area (Å²) in [6.45, 7) is 0.130. The fraction of sp³-hybridized carbons (Fsp3) is 0.667. The minimum absolute atomic E-state index is 0.0105. The monoisotopic (exact) mass is 321 g/mol. The van der Waals surface area contributed by atoms with Crippen LogP contribution in [-0.2, 0) is 23.9 Å². The molecule has 2 aliphatic rings. The molecular weight excluding hydrogens is 307 g/mol. The zero-order valence-electron chi connectivity index (χ0n) is 11.0. The lowest BCUT2D eigenvalue weighted by molar-refractivity contribution is -0.151. The van der Waals surface area contributed by atoms with Gasteiger partial charge in [0.2, 0.25) is 0 Å². The highest BCUT2D eigenvalue weighted by Gasteiger charge is 2.45. The predicted octanol–water partition coefficient (Wildman–Crippen LogP) is 1.18. The molecule has 1 fully saturated rings. The number of nitrogens with zero attached hydrogens (tertiary/aromatic N) is 2. The number of halogens is 3. The Kier molecular flexibility index (Phi) is 3.44. The Morgan fingerprint density at radius 2 is 2.24 bits per heavy atom. The largest absolute Gasteiger partial charge is 0.435 e. The van der Waals surface area contributed by atoms with Gasteiger partial charge in [-0.25, -0.2) is 0 Å². The summed E-state index contributed by atoms with van der Waals surface area (Å²) < 4.78 is 38.6. The van der Waals surface area contributed by atoms with Crippen LogP contribution in [0, 0.1) is 0 Å². The molecule has 0 aliphatic carbocycles. The van der Waals surface area contributed by atoms with E-state index in [4.69, 9.17) is 0 Å². The molecule has 0 spiro atoms. The molecule has 1 aromatic heterocycles. The van der Waals surface area contributed by atoms with Crippen molar-refractivity contribution in [1.82, 2.24) is 15.1 Å². The fourth-order valence-electron chi connectivity index (χ4n) is 2.72. The van der Waals surface area contributed by atoms with E-state index in [0.29, 0.717) is 23.6 Å². The van der Waals surface area contributed by atoms with Crippen LogP contribution in [0.2, 0.25) is 0 Å². The van der Waals surface area contributed by atoms with E-state index in [2.05, 4.69) is 10.2 Å². The van der Waals surface area contributed by atoms with Gasteiger partial charge in [0.25, 0.3) is 5.91 Å². The quantitative estimate of drug-likeness (QED) is 0.815. The van der Waals surface area contributed by atoms with E-state index in [9.17, 15) is 23.1 Å². The van der Waals surface area contributed by atoms with E-state index < -0.39 is 23.4 Å². The van der Waals surface area contributed by atoms with Crippen molar-refractivity contribution in [3.8, 4) is 0 Å². The summed E-state index contributed by atoms with van der Waals surface area (Å²) in [7, 11) is 0. The number of hydrogen-bond donors (Lipinski definition) is 2. The summed E-state index contributed by atoms with van der Waals surface area (Å²) in [5.74, 6) is 0.501. The van der Waals surface area contributed by atoms with E-state index in [1.807, 2.05) is 0 Å². The second kappa shape index (κ2) is 4.91. The van der Waals surface area contributed by atoms with Gasteiger partial charge in [0.05, 0.1) is 0 Å². The summed E-state index contributed by atoms with van der Waals surface area (Å²) in [5.41, 5.74) is -1.98. The van der Waals surface area contributed by atoms with Crippen molar-refractivity contribution in [2.75, 3.05) is 18.1 Å². The van der Waals surface area contributed by atoms with Crippen LogP contribution < -0.4 is 0 Å². The maximum Gasteiger partial charge on any atom is 0.435 e. The molecule has 1 saturated heterocycles. The van der Waals surface area contributed by atoms with E-state index in [0.717, 1.165) is 0 Å². The molecule has 21 heavy (non-hydrogen) atoms. The number of H-pyrrole nitrogens is 1. The van der Waals surface area contributed by atoms with Crippen molar-refractivity contribution in [2.45, 2.75) is 31.2 Å². The summed E-state index contributed by atoms with van der Waals surface area (Å²) >= 11 is 1.47. The third-order valence-electron chi connectivity index (χ3n) is 3.89. The Hall–Kier alpha value is -1.22. The Balaban J connectivity index is 1.84.